The lowest BCUT2D eigenvalue weighted by molar-refractivity contribution is 0.0995. The first kappa shape index (κ1) is 14.2. The maximum absolute atomic E-state index is 13.7. The lowest BCUT2D eigenvalue weighted by Gasteiger charge is -2.09. The number of aryl methyl sites for hydroxylation is 1. The molecule has 1 aromatic carbocycles. The number of anilines is 1. The molecule has 0 aliphatic heterocycles. The van der Waals surface area contributed by atoms with Gasteiger partial charge in [0.25, 0.3) is 5.91 Å². The predicted octanol–water partition coefficient (Wildman–Crippen LogP) is 2.87. The molecule has 20 heavy (non-hydrogen) atoms. The number of carbonyl (C=O) groups is 1. The summed E-state index contributed by atoms with van der Waals surface area (Å²) in [6, 6.07) is 7.50. The SMILES string of the molecule is CCc1ccc(C(=O)Nc2cccc(F)c2C(N)=S)o1. The highest BCUT2D eigenvalue weighted by Gasteiger charge is 2.16. The Labute approximate surface area is 120 Å². The molecule has 2 rings (SSSR count). The summed E-state index contributed by atoms with van der Waals surface area (Å²) in [5.41, 5.74) is 5.70. The van der Waals surface area contributed by atoms with E-state index in [0.29, 0.717) is 12.2 Å². The van der Waals surface area contributed by atoms with Gasteiger partial charge in [0.2, 0.25) is 0 Å². The molecule has 0 aliphatic rings. The zero-order valence-electron chi connectivity index (χ0n) is 10.8. The second kappa shape index (κ2) is 5.83. The van der Waals surface area contributed by atoms with Crippen LogP contribution in [0.2, 0.25) is 0 Å². The normalized spacial score (nSPS) is 10.3. The quantitative estimate of drug-likeness (QED) is 0.850. The van der Waals surface area contributed by atoms with E-state index in [1.165, 1.54) is 18.2 Å². The lowest BCUT2D eigenvalue weighted by atomic mass is 10.1. The first-order valence-corrected chi connectivity index (χ1v) is 6.42. The average Bonchev–Trinajstić information content (AvgIpc) is 2.87. The highest BCUT2D eigenvalue weighted by molar-refractivity contribution is 7.80. The number of halogens is 1. The minimum Gasteiger partial charge on any atom is -0.456 e. The number of benzene rings is 1. The van der Waals surface area contributed by atoms with Crippen LogP contribution in [0.3, 0.4) is 0 Å². The van der Waals surface area contributed by atoms with E-state index in [4.69, 9.17) is 22.4 Å². The number of furan rings is 1. The van der Waals surface area contributed by atoms with E-state index in [0.717, 1.165) is 0 Å². The molecule has 0 bridgehead atoms. The Hall–Kier alpha value is -2.21. The van der Waals surface area contributed by atoms with Crippen molar-refractivity contribution in [1.82, 2.24) is 0 Å². The van der Waals surface area contributed by atoms with Crippen molar-refractivity contribution in [2.45, 2.75) is 13.3 Å². The van der Waals surface area contributed by atoms with Crippen LogP contribution in [0.25, 0.3) is 0 Å². The van der Waals surface area contributed by atoms with Gasteiger partial charge in [-0.25, -0.2) is 4.39 Å². The largest absolute Gasteiger partial charge is 0.456 e. The van der Waals surface area contributed by atoms with Crippen LogP contribution in [0.15, 0.2) is 34.7 Å². The Bertz CT molecular complexity index is 667. The molecule has 6 heteroatoms. The first-order valence-electron chi connectivity index (χ1n) is 6.01. The fraction of sp³-hybridized carbons (Fsp3) is 0.143. The molecule has 104 valence electrons. The molecule has 0 unspecified atom stereocenters. The number of hydrogen-bond acceptors (Lipinski definition) is 3. The second-order valence-corrected chi connectivity index (χ2v) is 4.54. The minimum absolute atomic E-state index is 0.0121. The van der Waals surface area contributed by atoms with Crippen molar-refractivity contribution in [2.24, 2.45) is 5.73 Å². The molecule has 0 spiro atoms. The number of hydrogen-bond donors (Lipinski definition) is 2. The zero-order valence-corrected chi connectivity index (χ0v) is 11.6. The molecule has 1 amide bonds. The number of carbonyl (C=O) groups excluding carboxylic acids is 1. The van der Waals surface area contributed by atoms with E-state index in [2.05, 4.69) is 5.32 Å². The maximum Gasteiger partial charge on any atom is 0.291 e. The van der Waals surface area contributed by atoms with Gasteiger partial charge in [-0.3, -0.25) is 4.79 Å². The van der Waals surface area contributed by atoms with E-state index in [1.807, 2.05) is 6.92 Å². The maximum atomic E-state index is 13.7. The summed E-state index contributed by atoms with van der Waals surface area (Å²) in [5, 5.41) is 2.55. The number of rotatable bonds is 4. The van der Waals surface area contributed by atoms with Gasteiger partial charge in [0, 0.05) is 6.42 Å². The van der Waals surface area contributed by atoms with Crippen molar-refractivity contribution in [3.05, 3.63) is 53.2 Å². The molecule has 3 N–H and O–H groups in total. The van der Waals surface area contributed by atoms with Gasteiger partial charge in [0.1, 0.15) is 16.6 Å². The number of nitrogens with one attached hydrogen (secondary N) is 1. The number of nitrogens with two attached hydrogens (primary N) is 1. The lowest BCUT2D eigenvalue weighted by Crippen LogP contribution is -2.18. The average molecular weight is 292 g/mol. The third-order valence-corrected chi connectivity index (χ3v) is 2.95. The van der Waals surface area contributed by atoms with Crippen molar-refractivity contribution in [2.75, 3.05) is 5.32 Å². The Morgan fingerprint density at radius 1 is 1.40 bits per heavy atom. The van der Waals surface area contributed by atoms with Gasteiger partial charge >= 0.3 is 0 Å². The molecule has 1 heterocycles. The van der Waals surface area contributed by atoms with Crippen molar-refractivity contribution < 1.29 is 13.6 Å². The van der Waals surface area contributed by atoms with Crippen molar-refractivity contribution in [1.29, 1.82) is 0 Å². The van der Waals surface area contributed by atoms with Gasteiger partial charge in [-0.05, 0) is 24.3 Å². The van der Waals surface area contributed by atoms with Gasteiger partial charge in [0.05, 0.1) is 11.3 Å². The Kier molecular flexibility index (Phi) is 4.14. The van der Waals surface area contributed by atoms with Gasteiger partial charge < -0.3 is 15.5 Å². The summed E-state index contributed by atoms with van der Waals surface area (Å²) in [7, 11) is 0. The monoisotopic (exact) mass is 292 g/mol. The van der Waals surface area contributed by atoms with Gasteiger partial charge in [-0.2, -0.15) is 0 Å². The zero-order chi connectivity index (χ0) is 14.7. The van der Waals surface area contributed by atoms with Crippen LogP contribution in [0.5, 0.6) is 0 Å². The highest BCUT2D eigenvalue weighted by atomic mass is 32.1. The number of amides is 1. The summed E-state index contributed by atoms with van der Waals surface area (Å²) >= 11 is 4.79. The fourth-order valence-electron chi connectivity index (χ4n) is 1.75. The van der Waals surface area contributed by atoms with E-state index in [1.54, 1.807) is 12.1 Å². The van der Waals surface area contributed by atoms with Gasteiger partial charge in [-0.1, -0.05) is 25.2 Å². The van der Waals surface area contributed by atoms with Crippen molar-refractivity contribution >= 4 is 28.8 Å². The summed E-state index contributed by atoms with van der Waals surface area (Å²) in [4.78, 5) is 11.9. The molecular formula is C14H13FN2O2S. The summed E-state index contributed by atoms with van der Waals surface area (Å²) < 4.78 is 19.0. The summed E-state index contributed by atoms with van der Waals surface area (Å²) in [6.07, 6.45) is 0.686. The van der Waals surface area contributed by atoms with Crippen LogP contribution < -0.4 is 11.1 Å². The van der Waals surface area contributed by atoms with Crippen LogP contribution in [-0.2, 0) is 6.42 Å². The topological polar surface area (TPSA) is 68.3 Å². The Morgan fingerprint density at radius 3 is 2.75 bits per heavy atom. The molecule has 0 fully saturated rings. The second-order valence-electron chi connectivity index (χ2n) is 4.10. The molecule has 2 aromatic rings. The van der Waals surface area contributed by atoms with Crippen LogP contribution in [0.1, 0.15) is 28.8 Å². The van der Waals surface area contributed by atoms with Crippen LogP contribution in [0.4, 0.5) is 10.1 Å². The first-order chi connectivity index (χ1) is 9.52. The molecule has 0 radical (unpaired) electrons. The van der Waals surface area contributed by atoms with Crippen LogP contribution >= 0.6 is 12.2 Å². The van der Waals surface area contributed by atoms with E-state index >= 15 is 0 Å². The number of thiocarbonyl (C=S) groups is 1. The third-order valence-electron chi connectivity index (χ3n) is 2.74. The molecule has 4 nitrogen and oxygen atoms in total. The molecule has 0 atom stereocenters. The Balaban J connectivity index is 2.28. The van der Waals surface area contributed by atoms with E-state index in [-0.39, 0.29) is 22.0 Å². The molecule has 0 saturated carbocycles. The smallest absolute Gasteiger partial charge is 0.291 e. The third kappa shape index (κ3) is 2.85. The minimum atomic E-state index is -0.580. The summed E-state index contributed by atoms with van der Waals surface area (Å²) in [6.45, 7) is 1.91. The van der Waals surface area contributed by atoms with E-state index < -0.39 is 11.7 Å². The molecule has 0 aliphatic carbocycles. The highest BCUT2D eigenvalue weighted by Crippen LogP contribution is 2.20. The fourth-order valence-corrected chi connectivity index (χ4v) is 1.96. The van der Waals surface area contributed by atoms with Gasteiger partial charge in [0.15, 0.2) is 5.76 Å². The predicted molar refractivity (Wildman–Crippen MR) is 78.3 cm³/mol. The van der Waals surface area contributed by atoms with Crippen molar-refractivity contribution in [3.63, 3.8) is 0 Å². The molecular weight excluding hydrogens is 279 g/mol. The molecule has 0 saturated heterocycles. The Morgan fingerprint density at radius 2 is 2.15 bits per heavy atom. The summed E-state index contributed by atoms with van der Waals surface area (Å²) in [5.74, 6) is -0.208. The van der Waals surface area contributed by atoms with E-state index in [9.17, 15) is 9.18 Å². The molecule has 1 aromatic heterocycles. The van der Waals surface area contributed by atoms with Crippen LogP contribution in [-0.4, -0.2) is 10.9 Å². The standard InChI is InChI=1S/C14H13FN2O2S/c1-2-8-6-7-11(19-8)14(18)17-10-5-3-4-9(15)12(10)13(16)20/h3-7H,2H2,1H3,(H2,16,20)(H,17,18). The van der Waals surface area contributed by atoms with Crippen molar-refractivity contribution in [3.8, 4) is 0 Å². The van der Waals surface area contributed by atoms with Gasteiger partial charge in [-0.15, -0.1) is 0 Å². The van der Waals surface area contributed by atoms with Crippen LogP contribution in [0, 0.1) is 5.82 Å².